The molecule has 1 aliphatic heterocycles. The van der Waals surface area contributed by atoms with Crippen molar-refractivity contribution in [3.8, 4) is 0 Å². The maximum absolute atomic E-state index is 4.64. The molecule has 0 bridgehead atoms. The molecule has 0 fully saturated rings. The van der Waals surface area contributed by atoms with Crippen LogP contribution in [0.25, 0.3) is 0 Å². The van der Waals surface area contributed by atoms with E-state index in [-0.39, 0.29) is 0 Å². The molecule has 3 aromatic rings. The van der Waals surface area contributed by atoms with Crippen molar-refractivity contribution in [1.29, 1.82) is 0 Å². The van der Waals surface area contributed by atoms with E-state index in [1.807, 2.05) is 12.1 Å². The van der Waals surface area contributed by atoms with Crippen molar-refractivity contribution in [3.63, 3.8) is 0 Å². The number of aryl methyl sites for hydroxylation is 1. The first-order chi connectivity index (χ1) is 11.8. The molecule has 0 amide bonds. The van der Waals surface area contributed by atoms with Crippen LogP contribution in [-0.4, -0.2) is 21.7 Å². The fourth-order valence-corrected chi connectivity index (χ4v) is 3.03. The summed E-state index contributed by atoms with van der Waals surface area (Å²) in [5.41, 5.74) is 5.03. The lowest BCUT2D eigenvalue weighted by molar-refractivity contribution is 0.881. The van der Waals surface area contributed by atoms with Crippen molar-refractivity contribution < 1.29 is 0 Å². The molecule has 5 heteroatoms. The van der Waals surface area contributed by atoms with E-state index >= 15 is 0 Å². The Morgan fingerprint density at radius 3 is 2.83 bits per heavy atom. The monoisotopic (exact) mass is 317 g/mol. The zero-order valence-corrected chi connectivity index (χ0v) is 13.6. The standard InChI is InChI=1S/C19H19N5/c1-14-6-2-3-8-16(14)12-20-18-13-21-23-19(22-18)24-11-10-15-7-4-5-9-17(15)24/h2-9,13H,10-12H2,1H3,(H,20,22,23). The summed E-state index contributed by atoms with van der Waals surface area (Å²) in [6, 6.07) is 16.7. The molecule has 4 rings (SSSR count). The summed E-state index contributed by atoms with van der Waals surface area (Å²) < 4.78 is 0. The highest BCUT2D eigenvalue weighted by Crippen LogP contribution is 2.32. The molecule has 1 aliphatic rings. The third-order valence-corrected chi connectivity index (χ3v) is 4.40. The Labute approximate surface area is 141 Å². The van der Waals surface area contributed by atoms with Gasteiger partial charge < -0.3 is 10.2 Å². The smallest absolute Gasteiger partial charge is 0.251 e. The summed E-state index contributed by atoms with van der Waals surface area (Å²) in [5, 5.41) is 11.7. The molecule has 0 spiro atoms. The van der Waals surface area contributed by atoms with Crippen LogP contribution in [0.2, 0.25) is 0 Å². The summed E-state index contributed by atoms with van der Waals surface area (Å²) in [5.74, 6) is 1.39. The maximum Gasteiger partial charge on any atom is 0.251 e. The summed E-state index contributed by atoms with van der Waals surface area (Å²) in [6.07, 6.45) is 2.68. The van der Waals surface area contributed by atoms with E-state index < -0.39 is 0 Å². The average Bonchev–Trinajstić information content (AvgIpc) is 3.05. The molecular weight excluding hydrogens is 298 g/mol. The molecule has 2 heterocycles. The van der Waals surface area contributed by atoms with Crippen molar-refractivity contribution >= 4 is 17.5 Å². The first kappa shape index (κ1) is 14.6. The zero-order chi connectivity index (χ0) is 16.4. The second-order valence-corrected chi connectivity index (χ2v) is 5.95. The van der Waals surface area contributed by atoms with Crippen molar-refractivity contribution in [2.75, 3.05) is 16.8 Å². The number of nitrogens with zero attached hydrogens (tertiary/aromatic N) is 4. The van der Waals surface area contributed by atoms with Crippen LogP contribution in [0.1, 0.15) is 16.7 Å². The molecule has 5 nitrogen and oxygen atoms in total. The second-order valence-electron chi connectivity index (χ2n) is 5.95. The lowest BCUT2D eigenvalue weighted by Gasteiger charge is -2.17. The minimum absolute atomic E-state index is 0.648. The Kier molecular flexibility index (Phi) is 3.83. The Balaban J connectivity index is 1.54. The van der Waals surface area contributed by atoms with Crippen molar-refractivity contribution in [1.82, 2.24) is 15.2 Å². The predicted octanol–water partition coefficient (Wildman–Crippen LogP) is 3.49. The number of benzene rings is 2. The average molecular weight is 317 g/mol. The lowest BCUT2D eigenvalue weighted by atomic mass is 10.1. The number of nitrogens with one attached hydrogen (secondary N) is 1. The van der Waals surface area contributed by atoms with E-state index in [4.69, 9.17) is 0 Å². The van der Waals surface area contributed by atoms with E-state index in [2.05, 4.69) is 68.7 Å². The van der Waals surface area contributed by atoms with Gasteiger partial charge in [-0.2, -0.15) is 10.1 Å². The van der Waals surface area contributed by atoms with Gasteiger partial charge in [0, 0.05) is 18.8 Å². The summed E-state index contributed by atoms with van der Waals surface area (Å²) in [4.78, 5) is 6.77. The number of fused-ring (bicyclic) bond motifs is 1. The summed E-state index contributed by atoms with van der Waals surface area (Å²) >= 11 is 0. The molecular formula is C19H19N5. The Morgan fingerprint density at radius 2 is 1.92 bits per heavy atom. The van der Waals surface area contributed by atoms with Crippen molar-refractivity contribution in [2.45, 2.75) is 19.9 Å². The zero-order valence-electron chi connectivity index (χ0n) is 13.6. The van der Waals surface area contributed by atoms with Gasteiger partial charge in [0.15, 0.2) is 5.82 Å². The molecule has 0 aliphatic carbocycles. The molecule has 0 saturated carbocycles. The third kappa shape index (κ3) is 2.80. The lowest BCUT2D eigenvalue weighted by Crippen LogP contribution is -2.17. The van der Waals surface area contributed by atoms with Gasteiger partial charge >= 0.3 is 0 Å². The van der Waals surface area contributed by atoms with Crippen LogP contribution in [-0.2, 0) is 13.0 Å². The molecule has 1 N–H and O–H groups in total. The largest absolute Gasteiger partial charge is 0.365 e. The molecule has 2 aromatic carbocycles. The molecule has 24 heavy (non-hydrogen) atoms. The van der Waals surface area contributed by atoms with Crippen LogP contribution in [0.4, 0.5) is 17.5 Å². The number of rotatable bonds is 4. The van der Waals surface area contributed by atoms with Gasteiger partial charge in [0.1, 0.15) is 0 Å². The van der Waals surface area contributed by atoms with E-state index in [9.17, 15) is 0 Å². The molecule has 0 radical (unpaired) electrons. The minimum atomic E-state index is 0.648. The van der Waals surface area contributed by atoms with Gasteiger partial charge in [-0.3, -0.25) is 0 Å². The van der Waals surface area contributed by atoms with Crippen molar-refractivity contribution in [3.05, 3.63) is 71.4 Å². The van der Waals surface area contributed by atoms with Crippen LogP contribution in [0, 0.1) is 6.92 Å². The van der Waals surface area contributed by atoms with Crippen LogP contribution in [0.3, 0.4) is 0 Å². The third-order valence-electron chi connectivity index (χ3n) is 4.40. The highest BCUT2D eigenvalue weighted by molar-refractivity contribution is 5.65. The van der Waals surface area contributed by atoms with Gasteiger partial charge in [-0.25, -0.2) is 0 Å². The highest BCUT2D eigenvalue weighted by Gasteiger charge is 2.22. The topological polar surface area (TPSA) is 53.9 Å². The quantitative estimate of drug-likeness (QED) is 0.798. The SMILES string of the molecule is Cc1ccccc1CNc1cnnc(N2CCc3ccccc32)n1. The van der Waals surface area contributed by atoms with Crippen LogP contribution in [0.5, 0.6) is 0 Å². The van der Waals surface area contributed by atoms with Crippen LogP contribution < -0.4 is 10.2 Å². The molecule has 0 atom stereocenters. The molecule has 0 unspecified atom stereocenters. The van der Waals surface area contributed by atoms with E-state index in [1.54, 1.807) is 6.20 Å². The van der Waals surface area contributed by atoms with E-state index in [0.717, 1.165) is 25.3 Å². The fourth-order valence-electron chi connectivity index (χ4n) is 3.03. The van der Waals surface area contributed by atoms with Gasteiger partial charge in [0.25, 0.3) is 5.95 Å². The van der Waals surface area contributed by atoms with Gasteiger partial charge in [-0.15, -0.1) is 5.10 Å². The van der Waals surface area contributed by atoms with E-state index in [1.165, 1.54) is 22.4 Å². The normalized spacial score (nSPS) is 13.0. The highest BCUT2D eigenvalue weighted by atomic mass is 15.3. The first-order valence-corrected chi connectivity index (χ1v) is 8.15. The van der Waals surface area contributed by atoms with Gasteiger partial charge in [0.05, 0.1) is 6.20 Å². The maximum atomic E-state index is 4.64. The molecule has 0 saturated heterocycles. The second kappa shape index (κ2) is 6.28. The van der Waals surface area contributed by atoms with Crippen LogP contribution in [0.15, 0.2) is 54.7 Å². The summed E-state index contributed by atoms with van der Waals surface area (Å²) in [6.45, 7) is 3.73. The number of hydrogen-bond donors (Lipinski definition) is 1. The first-order valence-electron chi connectivity index (χ1n) is 8.15. The molecule has 120 valence electrons. The van der Waals surface area contributed by atoms with Crippen LogP contribution >= 0.6 is 0 Å². The van der Waals surface area contributed by atoms with Gasteiger partial charge in [-0.05, 0) is 36.1 Å². The Bertz CT molecular complexity index is 862. The van der Waals surface area contributed by atoms with Gasteiger partial charge in [-0.1, -0.05) is 42.5 Å². The van der Waals surface area contributed by atoms with Gasteiger partial charge in [0.2, 0.25) is 0 Å². The number of para-hydroxylation sites is 1. The minimum Gasteiger partial charge on any atom is -0.365 e. The Hall–Kier alpha value is -2.95. The summed E-state index contributed by atoms with van der Waals surface area (Å²) in [7, 11) is 0. The molecule has 1 aromatic heterocycles. The number of anilines is 3. The fraction of sp³-hybridized carbons (Fsp3) is 0.211. The van der Waals surface area contributed by atoms with E-state index in [0.29, 0.717) is 5.95 Å². The van der Waals surface area contributed by atoms with Crippen molar-refractivity contribution in [2.24, 2.45) is 0 Å². The Morgan fingerprint density at radius 1 is 1.08 bits per heavy atom. The number of hydrogen-bond acceptors (Lipinski definition) is 5. The predicted molar refractivity (Wildman–Crippen MR) is 95.5 cm³/mol. The number of aromatic nitrogens is 3.